The molecule has 0 atom stereocenters. The Morgan fingerprint density at radius 3 is 2.38 bits per heavy atom. The van der Waals surface area contributed by atoms with Crippen LogP contribution in [0.2, 0.25) is 0 Å². The van der Waals surface area contributed by atoms with Gasteiger partial charge in [-0.25, -0.2) is 9.78 Å². The van der Waals surface area contributed by atoms with Gasteiger partial charge in [0.25, 0.3) is 11.2 Å². The lowest BCUT2D eigenvalue weighted by Gasteiger charge is -2.09. The zero-order valence-electron chi connectivity index (χ0n) is 12.8. The summed E-state index contributed by atoms with van der Waals surface area (Å²) in [7, 11) is 2.96. The number of aromatic nitrogens is 4. The normalized spacial score (nSPS) is 11.1. The number of nitro groups is 1. The maximum absolute atomic E-state index is 12.2. The molecule has 0 fully saturated rings. The highest BCUT2D eigenvalue weighted by Gasteiger charge is 2.18. The first kappa shape index (κ1) is 16.1. The zero-order chi connectivity index (χ0) is 17.6. The summed E-state index contributed by atoms with van der Waals surface area (Å²) in [6.07, 6.45) is 0. The van der Waals surface area contributed by atoms with Crippen LogP contribution in [0.5, 0.6) is 0 Å². The van der Waals surface area contributed by atoms with Crippen molar-refractivity contribution < 1.29 is 4.92 Å². The van der Waals surface area contributed by atoms with Crippen molar-refractivity contribution in [3.8, 4) is 0 Å². The number of fused-ring (bicyclic) bond motifs is 1. The van der Waals surface area contributed by atoms with E-state index in [2.05, 4.69) is 20.9 Å². The molecule has 9 nitrogen and oxygen atoms in total. The van der Waals surface area contributed by atoms with Gasteiger partial charge in [-0.3, -0.25) is 28.6 Å². The standard InChI is InChI=1S/C14H12BrN5O4/c1-17-11-10(12(21)18(2)14(17)22)16-13(15)19(11)7-8-3-5-9(6-4-8)20(23)24/h3-6H,7H2,1-2H3. The molecule has 24 heavy (non-hydrogen) atoms. The quantitative estimate of drug-likeness (QED) is 0.377. The van der Waals surface area contributed by atoms with Crippen molar-refractivity contribution in [2.24, 2.45) is 14.1 Å². The maximum atomic E-state index is 12.2. The molecule has 0 bridgehead atoms. The van der Waals surface area contributed by atoms with Gasteiger partial charge in [-0.2, -0.15) is 0 Å². The number of hydrogen-bond acceptors (Lipinski definition) is 5. The predicted molar refractivity (Wildman–Crippen MR) is 90.1 cm³/mol. The Bertz CT molecular complexity index is 1080. The second kappa shape index (κ2) is 5.71. The lowest BCUT2D eigenvalue weighted by molar-refractivity contribution is -0.384. The molecule has 0 amide bonds. The van der Waals surface area contributed by atoms with Crippen molar-refractivity contribution in [3.63, 3.8) is 0 Å². The topological polar surface area (TPSA) is 105 Å². The van der Waals surface area contributed by atoms with Crippen LogP contribution >= 0.6 is 15.9 Å². The Morgan fingerprint density at radius 1 is 1.17 bits per heavy atom. The van der Waals surface area contributed by atoms with Crippen LogP contribution < -0.4 is 11.2 Å². The van der Waals surface area contributed by atoms with Gasteiger partial charge in [-0.15, -0.1) is 0 Å². The van der Waals surface area contributed by atoms with Crippen molar-refractivity contribution in [1.82, 2.24) is 18.7 Å². The Balaban J connectivity index is 2.16. The van der Waals surface area contributed by atoms with Crippen LogP contribution in [0.4, 0.5) is 5.69 Å². The number of benzene rings is 1. The van der Waals surface area contributed by atoms with Gasteiger partial charge in [-0.05, 0) is 21.5 Å². The molecular formula is C14H12BrN5O4. The number of hydrogen-bond donors (Lipinski definition) is 0. The van der Waals surface area contributed by atoms with E-state index in [1.165, 1.54) is 23.7 Å². The van der Waals surface area contributed by atoms with Crippen molar-refractivity contribution in [3.05, 3.63) is 65.5 Å². The van der Waals surface area contributed by atoms with Crippen molar-refractivity contribution >= 4 is 32.8 Å². The monoisotopic (exact) mass is 393 g/mol. The first-order valence-corrected chi connectivity index (χ1v) is 7.65. The molecule has 3 rings (SSSR count). The van der Waals surface area contributed by atoms with E-state index < -0.39 is 16.2 Å². The number of nitro benzene ring substituents is 1. The van der Waals surface area contributed by atoms with Gasteiger partial charge in [0, 0.05) is 26.2 Å². The molecular weight excluding hydrogens is 382 g/mol. The summed E-state index contributed by atoms with van der Waals surface area (Å²) in [5.41, 5.74) is 0.395. The first-order valence-electron chi connectivity index (χ1n) is 6.86. The van der Waals surface area contributed by atoms with E-state index in [1.54, 1.807) is 23.7 Å². The predicted octanol–water partition coefficient (Wildman–Crippen LogP) is 1.15. The summed E-state index contributed by atoms with van der Waals surface area (Å²) in [4.78, 5) is 38.8. The molecule has 2 aromatic heterocycles. The molecule has 0 aliphatic heterocycles. The maximum Gasteiger partial charge on any atom is 0.332 e. The molecule has 124 valence electrons. The van der Waals surface area contributed by atoms with Gasteiger partial charge in [0.2, 0.25) is 0 Å². The van der Waals surface area contributed by atoms with Crippen LogP contribution in [0, 0.1) is 10.1 Å². The lowest BCUT2D eigenvalue weighted by atomic mass is 10.2. The summed E-state index contributed by atoms with van der Waals surface area (Å²) < 4.78 is 4.41. The smallest absolute Gasteiger partial charge is 0.300 e. The van der Waals surface area contributed by atoms with E-state index >= 15 is 0 Å². The second-order valence-electron chi connectivity index (χ2n) is 5.27. The van der Waals surface area contributed by atoms with Gasteiger partial charge >= 0.3 is 5.69 Å². The third kappa shape index (κ3) is 2.44. The average molecular weight is 394 g/mol. The van der Waals surface area contributed by atoms with Crippen LogP contribution in [0.1, 0.15) is 5.56 Å². The number of non-ortho nitro benzene ring substituents is 1. The highest BCUT2D eigenvalue weighted by molar-refractivity contribution is 9.10. The lowest BCUT2D eigenvalue weighted by Crippen LogP contribution is -2.37. The fraction of sp³-hybridized carbons (Fsp3) is 0.214. The van der Waals surface area contributed by atoms with E-state index in [1.807, 2.05) is 0 Å². The molecule has 0 N–H and O–H groups in total. The molecule has 1 aromatic carbocycles. The molecule has 10 heteroatoms. The molecule has 0 saturated carbocycles. The molecule has 0 aliphatic rings. The number of imidazole rings is 1. The second-order valence-corrected chi connectivity index (χ2v) is 5.98. The third-order valence-corrected chi connectivity index (χ3v) is 4.39. The zero-order valence-corrected chi connectivity index (χ0v) is 14.3. The van der Waals surface area contributed by atoms with E-state index in [0.29, 0.717) is 16.9 Å². The molecule has 3 aromatic rings. The minimum Gasteiger partial charge on any atom is -0.300 e. The van der Waals surface area contributed by atoms with Crippen LogP contribution in [-0.4, -0.2) is 23.6 Å². The van der Waals surface area contributed by atoms with E-state index in [-0.39, 0.29) is 11.2 Å². The number of rotatable bonds is 3. The van der Waals surface area contributed by atoms with Crippen LogP contribution in [0.15, 0.2) is 38.6 Å². The van der Waals surface area contributed by atoms with E-state index in [4.69, 9.17) is 0 Å². The average Bonchev–Trinajstić information content (AvgIpc) is 2.88. The summed E-state index contributed by atoms with van der Waals surface area (Å²) in [6, 6.07) is 6.05. The van der Waals surface area contributed by atoms with Gasteiger partial charge in [-0.1, -0.05) is 12.1 Å². The van der Waals surface area contributed by atoms with Crippen molar-refractivity contribution in [2.75, 3.05) is 0 Å². The van der Waals surface area contributed by atoms with Gasteiger partial charge in [0.05, 0.1) is 11.5 Å². The van der Waals surface area contributed by atoms with Crippen LogP contribution in [0.3, 0.4) is 0 Å². The van der Waals surface area contributed by atoms with Crippen molar-refractivity contribution in [2.45, 2.75) is 6.54 Å². The first-order chi connectivity index (χ1) is 11.3. The Hall–Kier alpha value is -2.75. The Labute approximate surface area is 143 Å². The summed E-state index contributed by atoms with van der Waals surface area (Å²) in [5, 5.41) is 10.7. The summed E-state index contributed by atoms with van der Waals surface area (Å²) >= 11 is 3.30. The minimum atomic E-state index is -0.476. The molecule has 0 unspecified atom stereocenters. The number of halogens is 1. The summed E-state index contributed by atoms with van der Waals surface area (Å²) in [6.45, 7) is 0.301. The van der Waals surface area contributed by atoms with E-state index in [9.17, 15) is 19.7 Å². The van der Waals surface area contributed by atoms with Crippen LogP contribution in [0.25, 0.3) is 11.2 Å². The van der Waals surface area contributed by atoms with E-state index in [0.717, 1.165) is 10.1 Å². The fourth-order valence-corrected chi connectivity index (χ4v) is 2.98. The largest absolute Gasteiger partial charge is 0.332 e. The fourth-order valence-electron chi connectivity index (χ4n) is 2.51. The van der Waals surface area contributed by atoms with Crippen LogP contribution in [-0.2, 0) is 20.6 Å². The number of nitrogens with zero attached hydrogens (tertiary/aromatic N) is 5. The molecule has 0 radical (unpaired) electrons. The Kier molecular flexibility index (Phi) is 3.84. The molecule has 0 spiro atoms. The van der Waals surface area contributed by atoms with Gasteiger partial charge < -0.3 is 0 Å². The molecule has 0 aliphatic carbocycles. The highest BCUT2D eigenvalue weighted by atomic mass is 79.9. The SMILES string of the molecule is Cn1c(=O)c2nc(Br)n(Cc3ccc([N+](=O)[O-])cc3)c2n(C)c1=O. The minimum absolute atomic E-state index is 0.00502. The number of aryl methyl sites for hydroxylation is 1. The molecule has 2 heterocycles. The van der Waals surface area contributed by atoms with Gasteiger partial charge in [0.15, 0.2) is 15.9 Å². The summed E-state index contributed by atoms with van der Waals surface area (Å²) in [5.74, 6) is 0. The van der Waals surface area contributed by atoms with Crippen molar-refractivity contribution in [1.29, 1.82) is 0 Å². The highest BCUT2D eigenvalue weighted by Crippen LogP contribution is 2.20. The Morgan fingerprint density at radius 2 is 1.79 bits per heavy atom. The third-order valence-electron chi connectivity index (χ3n) is 3.78. The molecule has 0 saturated heterocycles. The van der Waals surface area contributed by atoms with Gasteiger partial charge in [0.1, 0.15) is 0 Å².